The number of nitrogens with zero attached hydrogens (tertiary/aromatic N) is 3. The zero-order valence-electron chi connectivity index (χ0n) is 13.8. The van der Waals surface area contributed by atoms with E-state index in [-0.39, 0.29) is 23.8 Å². The normalized spacial score (nSPS) is 10.7. The maximum Gasteiger partial charge on any atom is 0.258 e. The lowest BCUT2D eigenvalue weighted by molar-refractivity contribution is 0.102. The van der Waals surface area contributed by atoms with Gasteiger partial charge in [-0.3, -0.25) is 14.9 Å². The number of nitrogens with one attached hydrogen (secondary N) is 1. The number of aromatic nitrogens is 3. The van der Waals surface area contributed by atoms with Gasteiger partial charge in [-0.1, -0.05) is 42.2 Å². The molecular formula is C17H15FN4O2S2. The van der Waals surface area contributed by atoms with Gasteiger partial charge in [0.15, 0.2) is 4.34 Å². The van der Waals surface area contributed by atoms with E-state index in [0.29, 0.717) is 16.3 Å². The highest BCUT2D eigenvalue weighted by Crippen LogP contribution is 2.25. The van der Waals surface area contributed by atoms with Crippen molar-refractivity contribution in [1.82, 2.24) is 14.8 Å². The molecule has 1 N–H and O–H groups in total. The van der Waals surface area contributed by atoms with Crippen molar-refractivity contribution < 1.29 is 9.18 Å². The molecule has 0 bridgehead atoms. The summed E-state index contributed by atoms with van der Waals surface area (Å²) in [6, 6.07) is 8.75. The fourth-order valence-corrected chi connectivity index (χ4v) is 3.88. The van der Waals surface area contributed by atoms with Crippen LogP contribution in [-0.2, 0) is 6.54 Å². The van der Waals surface area contributed by atoms with Crippen molar-refractivity contribution in [2.24, 2.45) is 0 Å². The lowest BCUT2D eigenvalue weighted by atomic mass is 10.2. The number of hydrogen-bond donors (Lipinski definition) is 1. The lowest BCUT2D eigenvalue weighted by Gasteiger charge is -2.08. The van der Waals surface area contributed by atoms with Crippen LogP contribution in [0.4, 0.5) is 9.52 Å². The number of hydrogen-bond acceptors (Lipinski definition) is 6. The van der Waals surface area contributed by atoms with Crippen molar-refractivity contribution in [3.05, 3.63) is 69.9 Å². The van der Waals surface area contributed by atoms with Crippen molar-refractivity contribution in [2.45, 2.75) is 17.8 Å². The van der Waals surface area contributed by atoms with Crippen LogP contribution >= 0.6 is 23.1 Å². The molecule has 1 amide bonds. The third kappa shape index (κ3) is 4.55. The van der Waals surface area contributed by atoms with E-state index in [0.717, 1.165) is 10.1 Å². The quantitative estimate of drug-likeness (QED) is 0.516. The molecule has 0 saturated heterocycles. The van der Waals surface area contributed by atoms with E-state index in [9.17, 15) is 14.0 Å². The molecule has 0 saturated carbocycles. The summed E-state index contributed by atoms with van der Waals surface area (Å²) in [6.45, 7) is 2.18. The van der Waals surface area contributed by atoms with E-state index in [1.807, 2.05) is 6.92 Å². The molecule has 0 fully saturated rings. The Morgan fingerprint density at radius 2 is 2.15 bits per heavy atom. The summed E-state index contributed by atoms with van der Waals surface area (Å²) in [6.07, 6.45) is 1.45. The molecule has 0 spiro atoms. The number of rotatable bonds is 6. The molecule has 6 nitrogen and oxygen atoms in total. The number of benzene rings is 1. The van der Waals surface area contributed by atoms with Crippen LogP contribution < -0.4 is 10.9 Å². The first-order chi connectivity index (χ1) is 12.5. The van der Waals surface area contributed by atoms with Gasteiger partial charge in [0.05, 0.1) is 12.1 Å². The molecule has 0 unspecified atom stereocenters. The summed E-state index contributed by atoms with van der Waals surface area (Å²) >= 11 is 2.83. The summed E-state index contributed by atoms with van der Waals surface area (Å²) in [7, 11) is 0. The smallest absolute Gasteiger partial charge is 0.258 e. The zero-order chi connectivity index (χ0) is 18.5. The van der Waals surface area contributed by atoms with Gasteiger partial charge >= 0.3 is 0 Å². The first-order valence-corrected chi connectivity index (χ1v) is 9.58. The summed E-state index contributed by atoms with van der Waals surface area (Å²) in [4.78, 5) is 24.4. The largest absolute Gasteiger partial charge is 0.310 e. The Balaban J connectivity index is 1.77. The number of thioether (sulfide) groups is 1. The molecule has 1 aromatic carbocycles. The minimum Gasteiger partial charge on any atom is -0.310 e. The van der Waals surface area contributed by atoms with Gasteiger partial charge in [-0.25, -0.2) is 4.39 Å². The molecule has 2 aromatic heterocycles. The fraction of sp³-hybridized carbons (Fsp3) is 0.176. The van der Waals surface area contributed by atoms with Crippen LogP contribution in [0, 0.1) is 5.82 Å². The summed E-state index contributed by atoms with van der Waals surface area (Å²) in [5, 5.41) is 11.0. The first kappa shape index (κ1) is 18.3. The van der Waals surface area contributed by atoms with Gasteiger partial charge in [0.2, 0.25) is 5.13 Å². The number of pyridine rings is 1. The van der Waals surface area contributed by atoms with Crippen molar-refractivity contribution in [3.63, 3.8) is 0 Å². The second-order valence-electron chi connectivity index (χ2n) is 5.27. The Morgan fingerprint density at radius 1 is 1.31 bits per heavy atom. The summed E-state index contributed by atoms with van der Waals surface area (Å²) < 4.78 is 15.5. The molecule has 0 aliphatic carbocycles. The first-order valence-electron chi connectivity index (χ1n) is 7.77. The van der Waals surface area contributed by atoms with Crippen LogP contribution in [0.25, 0.3) is 0 Å². The predicted octanol–water partition coefficient (Wildman–Crippen LogP) is 3.25. The van der Waals surface area contributed by atoms with Gasteiger partial charge in [0.1, 0.15) is 5.82 Å². The fourth-order valence-electron chi connectivity index (χ4n) is 2.23. The number of amides is 1. The molecule has 2 heterocycles. The Bertz CT molecular complexity index is 987. The van der Waals surface area contributed by atoms with E-state index >= 15 is 0 Å². The monoisotopic (exact) mass is 390 g/mol. The Hall–Kier alpha value is -2.52. The van der Waals surface area contributed by atoms with Gasteiger partial charge < -0.3 is 4.57 Å². The summed E-state index contributed by atoms with van der Waals surface area (Å²) in [5.74, 6) is 0.108. The highest BCUT2D eigenvalue weighted by Gasteiger charge is 2.12. The van der Waals surface area contributed by atoms with Crippen LogP contribution in [0.1, 0.15) is 22.8 Å². The van der Waals surface area contributed by atoms with Gasteiger partial charge in [-0.05, 0) is 29.5 Å². The van der Waals surface area contributed by atoms with Gasteiger partial charge in [0, 0.05) is 12.3 Å². The van der Waals surface area contributed by atoms with Crippen LogP contribution in [0.15, 0.2) is 51.7 Å². The van der Waals surface area contributed by atoms with Crippen molar-refractivity contribution in [3.8, 4) is 0 Å². The minimum atomic E-state index is -0.387. The average molecular weight is 390 g/mol. The van der Waals surface area contributed by atoms with Crippen LogP contribution in [0.5, 0.6) is 0 Å². The molecule has 9 heteroatoms. The van der Waals surface area contributed by atoms with E-state index in [1.165, 1.54) is 46.4 Å². The lowest BCUT2D eigenvalue weighted by Crippen LogP contribution is -2.22. The highest BCUT2D eigenvalue weighted by atomic mass is 32.2. The molecular weight excluding hydrogens is 375 g/mol. The molecule has 3 aromatic rings. The number of anilines is 1. The molecule has 0 radical (unpaired) electrons. The van der Waals surface area contributed by atoms with Crippen molar-refractivity contribution in [1.29, 1.82) is 0 Å². The third-order valence-corrected chi connectivity index (χ3v) is 5.24. The van der Waals surface area contributed by atoms with Crippen molar-refractivity contribution in [2.75, 3.05) is 11.1 Å². The van der Waals surface area contributed by atoms with Crippen molar-refractivity contribution >= 4 is 34.1 Å². The Labute approximate surface area is 157 Å². The maximum absolute atomic E-state index is 13.3. The standard InChI is InChI=1S/C17H15FN4O2S2/c1-2-25-17-21-20-16(26-17)19-15(24)12-6-7-14(23)22(10-12)9-11-4-3-5-13(18)8-11/h3-8,10H,2,9H2,1H3,(H,19,20,24). The number of carbonyl (C=O) groups excluding carboxylic acids is 1. The van der Waals surface area contributed by atoms with Gasteiger partial charge in [-0.2, -0.15) is 0 Å². The van der Waals surface area contributed by atoms with Crippen LogP contribution in [0.2, 0.25) is 0 Å². The molecule has 0 aliphatic heterocycles. The molecule has 0 aliphatic rings. The molecule has 0 atom stereocenters. The zero-order valence-corrected chi connectivity index (χ0v) is 15.4. The average Bonchev–Trinajstić information content (AvgIpc) is 3.04. The maximum atomic E-state index is 13.3. The second kappa shape index (κ2) is 8.24. The minimum absolute atomic E-state index is 0.174. The van der Waals surface area contributed by atoms with E-state index < -0.39 is 0 Å². The topological polar surface area (TPSA) is 76.9 Å². The second-order valence-corrected chi connectivity index (χ2v) is 7.76. The summed E-state index contributed by atoms with van der Waals surface area (Å²) in [5.41, 5.74) is 0.666. The Morgan fingerprint density at radius 3 is 2.92 bits per heavy atom. The van der Waals surface area contributed by atoms with Crippen LogP contribution in [-0.4, -0.2) is 26.4 Å². The number of halogens is 1. The van der Waals surface area contributed by atoms with E-state index in [1.54, 1.807) is 23.9 Å². The molecule has 134 valence electrons. The molecule has 3 rings (SSSR count). The van der Waals surface area contributed by atoms with Crippen LogP contribution in [0.3, 0.4) is 0 Å². The van der Waals surface area contributed by atoms with Gasteiger partial charge in [0.25, 0.3) is 11.5 Å². The third-order valence-electron chi connectivity index (χ3n) is 3.38. The highest BCUT2D eigenvalue weighted by molar-refractivity contribution is 8.01. The SMILES string of the molecule is CCSc1nnc(NC(=O)c2ccc(=O)n(Cc3cccc(F)c3)c2)s1. The molecule has 26 heavy (non-hydrogen) atoms. The van der Waals surface area contributed by atoms with E-state index in [2.05, 4.69) is 15.5 Å². The Kier molecular flexibility index (Phi) is 5.79. The van der Waals surface area contributed by atoms with Gasteiger partial charge in [-0.15, -0.1) is 10.2 Å². The predicted molar refractivity (Wildman–Crippen MR) is 100 cm³/mol. The van der Waals surface area contributed by atoms with E-state index in [4.69, 9.17) is 0 Å². The number of carbonyl (C=O) groups is 1.